The molecule has 0 aromatic rings. The Kier molecular flexibility index (Phi) is 1.39. The second-order valence-electron chi connectivity index (χ2n) is 1.50. The Morgan fingerprint density at radius 1 is 1.75 bits per heavy atom. The standard InChI is InChI=1S/C5H5NOS/c7-5-4(8)2-1-3-6-5/h1,3H,2H2,(H,6,7). The highest BCUT2D eigenvalue weighted by Crippen LogP contribution is 1.93. The molecule has 0 spiro atoms. The third kappa shape index (κ3) is 0.924. The zero-order valence-electron chi connectivity index (χ0n) is 4.18. The van der Waals surface area contributed by atoms with E-state index in [9.17, 15) is 4.79 Å². The average Bonchev–Trinajstić information content (AvgIpc) is 1.77. The number of carbonyl (C=O) groups is 1. The van der Waals surface area contributed by atoms with Crippen molar-refractivity contribution in [2.24, 2.45) is 0 Å². The second-order valence-corrected chi connectivity index (χ2v) is 2.00. The van der Waals surface area contributed by atoms with Gasteiger partial charge in [-0.3, -0.25) is 4.79 Å². The summed E-state index contributed by atoms with van der Waals surface area (Å²) in [5.41, 5.74) is 0. The molecule has 8 heavy (non-hydrogen) atoms. The third-order valence-electron chi connectivity index (χ3n) is 0.889. The van der Waals surface area contributed by atoms with Crippen molar-refractivity contribution in [2.45, 2.75) is 6.42 Å². The highest BCUT2D eigenvalue weighted by atomic mass is 32.1. The topological polar surface area (TPSA) is 29.1 Å². The molecular weight excluding hydrogens is 122 g/mol. The van der Waals surface area contributed by atoms with Gasteiger partial charge in [0.1, 0.15) is 0 Å². The molecule has 1 rings (SSSR count). The lowest BCUT2D eigenvalue weighted by atomic mass is 10.2. The van der Waals surface area contributed by atoms with Gasteiger partial charge in [-0.2, -0.15) is 0 Å². The largest absolute Gasteiger partial charge is 0.328 e. The van der Waals surface area contributed by atoms with E-state index in [1.807, 2.05) is 6.08 Å². The number of allylic oxidation sites excluding steroid dienone is 1. The molecule has 0 unspecified atom stereocenters. The fraction of sp³-hybridized carbons (Fsp3) is 0.200. The normalized spacial score (nSPS) is 18.5. The lowest BCUT2D eigenvalue weighted by Crippen LogP contribution is -2.27. The summed E-state index contributed by atoms with van der Waals surface area (Å²) >= 11 is 4.67. The van der Waals surface area contributed by atoms with Gasteiger partial charge in [-0.05, 0) is 0 Å². The zero-order valence-corrected chi connectivity index (χ0v) is 4.99. The highest BCUT2D eigenvalue weighted by molar-refractivity contribution is 7.82. The molecule has 42 valence electrons. The monoisotopic (exact) mass is 127 g/mol. The van der Waals surface area contributed by atoms with Crippen LogP contribution in [0.5, 0.6) is 0 Å². The maximum absolute atomic E-state index is 10.5. The van der Waals surface area contributed by atoms with Crippen LogP contribution in [0.15, 0.2) is 12.3 Å². The van der Waals surface area contributed by atoms with E-state index in [-0.39, 0.29) is 5.91 Å². The molecule has 0 fully saturated rings. The summed E-state index contributed by atoms with van der Waals surface area (Å²) in [6.45, 7) is 0. The van der Waals surface area contributed by atoms with Gasteiger partial charge in [0.15, 0.2) is 0 Å². The van der Waals surface area contributed by atoms with Crippen LogP contribution in [0, 0.1) is 0 Å². The summed E-state index contributed by atoms with van der Waals surface area (Å²) in [5.74, 6) is -0.137. The molecule has 1 amide bonds. The first-order valence-corrected chi connectivity index (χ1v) is 2.70. The van der Waals surface area contributed by atoms with Gasteiger partial charge in [-0.25, -0.2) is 0 Å². The van der Waals surface area contributed by atoms with Gasteiger partial charge in [0.05, 0.1) is 4.86 Å². The maximum Gasteiger partial charge on any atom is 0.262 e. The van der Waals surface area contributed by atoms with Crippen LogP contribution >= 0.6 is 12.2 Å². The van der Waals surface area contributed by atoms with Gasteiger partial charge in [-0.1, -0.05) is 18.3 Å². The summed E-state index contributed by atoms with van der Waals surface area (Å²) in [5, 5.41) is 2.47. The van der Waals surface area contributed by atoms with Crippen LogP contribution in [0.25, 0.3) is 0 Å². The lowest BCUT2D eigenvalue weighted by Gasteiger charge is -2.03. The number of thiocarbonyl (C=S) groups is 1. The SMILES string of the molecule is O=C1NC=CCC1=S. The van der Waals surface area contributed by atoms with E-state index < -0.39 is 0 Å². The molecule has 1 N–H and O–H groups in total. The quantitative estimate of drug-likeness (QED) is 0.477. The predicted molar refractivity (Wildman–Crippen MR) is 34.5 cm³/mol. The Morgan fingerprint density at radius 2 is 2.50 bits per heavy atom. The van der Waals surface area contributed by atoms with E-state index in [4.69, 9.17) is 0 Å². The molecule has 1 heterocycles. The van der Waals surface area contributed by atoms with Crippen molar-refractivity contribution >= 4 is 23.0 Å². The van der Waals surface area contributed by atoms with Crippen molar-refractivity contribution in [1.82, 2.24) is 5.32 Å². The molecule has 0 atom stereocenters. The van der Waals surface area contributed by atoms with Crippen LogP contribution in [0.1, 0.15) is 6.42 Å². The van der Waals surface area contributed by atoms with Crippen molar-refractivity contribution < 1.29 is 4.79 Å². The summed E-state index contributed by atoms with van der Waals surface area (Å²) in [7, 11) is 0. The van der Waals surface area contributed by atoms with Crippen molar-refractivity contribution in [3.05, 3.63) is 12.3 Å². The second kappa shape index (κ2) is 2.05. The van der Waals surface area contributed by atoms with E-state index in [2.05, 4.69) is 17.5 Å². The molecule has 0 bridgehead atoms. The fourth-order valence-electron chi connectivity index (χ4n) is 0.474. The molecule has 1 aliphatic rings. The molecule has 0 saturated carbocycles. The third-order valence-corrected chi connectivity index (χ3v) is 1.24. The fourth-order valence-corrected chi connectivity index (χ4v) is 0.629. The molecule has 3 heteroatoms. The Morgan fingerprint density at radius 3 is 2.88 bits per heavy atom. The Bertz CT molecular complexity index is 144. The van der Waals surface area contributed by atoms with E-state index >= 15 is 0 Å². The van der Waals surface area contributed by atoms with Crippen LogP contribution in [-0.4, -0.2) is 10.8 Å². The summed E-state index contributed by atoms with van der Waals surface area (Å²) in [4.78, 5) is 11.0. The molecular formula is C5H5NOS. The first-order valence-electron chi connectivity index (χ1n) is 2.29. The summed E-state index contributed by atoms with van der Waals surface area (Å²) in [6.07, 6.45) is 4.04. The van der Waals surface area contributed by atoms with Crippen LogP contribution in [0.3, 0.4) is 0 Å². The number of hydrogen-bond acceptors (Lipinski definition) is 2. The molecule has 0 aromatic carbocycles. The predicted octanol–water partition coefficient (Wildman–Crippen LogP) is 0.390. The van der Waals surface area contributed by atoms with Crippen molar-refractivity contribution in [1.29, 1.82) is 0 Å². The molecule has 0 saturated heterocycles. The summed E-state index contributed by atoms with van der Waals surface area (Å²) < 4.78 is 0. The maximum atomic E-state index is 10.5. The number of carbonyl (C=O) groups excluding carboxylic acids is 1. The van der Waals surface area contributed by atoms with Crippen LogP contribution in [-0.2, 0) is 4.79 Å². The van der Waals surface area contributed by atoms with Gasteiger partial charge in [-0.15, -0.1) is 0 Å². The smallest absolute Gasteiger partial charge is 0.262 e. The van der Waals surface area contributed by atoms with Gasteiger partial charge in [0, 0.05) is 12.6 Å². The minimum Gasteiger partial charge on any atom is -0.328 e. The zero-order chi connectivity index (χ0) is 5.98. The molecule has 0 aliphatic carbocycles. The number of rotatable bonds is 0. The minimum absolute atomic E-state index is 0.137. The molecule has 2 nitrogen and oxygen atoms in total. The van der Waals surface area contributed by atoms with Gasteiger partial charge in [0.2, 0.25) is 0 Å². The first kappa shape index (κ1) is 5.44. The highest BCUT2D eigenvalue weighted by Gasteiger charge is 2.07. The number of hydrogen-bond donors (Lipinski definition) is 1. The molecule has 0 aromatic heterocycles. The van der Waals surface area contributed by atoms with Crippen LogP contribution in [0.2, 0.25) is 0 Å². The van der Waals surface area contributed by atoms with Crippen LogP contribution < -0.4 is 5.32 Å². The Hall–Kier alpha value is -0.700. The average molecular weight is 127 g/mol. The lowest BCUT2D eigenvalue weighted by molar-refractivity contribution is -0.113. The van der Waals surface area contributed by atoms with Crippen molar-refractivity contribution in [2.75, 3.05) is 0 Å². The Balaban J connectivity index is 2.71. The van der Waals surface area contributed by atoms with E-state index in [0.29, 0.717) is 11.3 Å². The minimum atomic E-state index is -0.137. The number of amides is 1. The number of nitrogens with one attached hydrogen (secondary N) is 1. The van der Waals surface area contributed by atoms with Crippen molar-refractivity contribution in [3.8, 4) is 0 Å². The molecule has 1 aliphatic heterocycles. The van der Waals surface area contributed by atoms with E-state index in [1.54, 1.807) is 6.20 Å². The van der Waals surface area contributed by atoms with Gasteiger partial charge < -0.3 is 5.32 Å². The van der Waals surface area contributed by atoms with Crippen LogP contribution in [0.4, 0.5) is 0 Å². The van der Waals surface area contributed by atoms with E-state index in [0.717, 1.165) is 0 Å². The first-order chi connectivity index (χ1) is 3.80. The van der Waals surface area contributed by atoms with E-state index in [1.165, 1.54) is 0 Å². The van der Waals surface area contributed by atoms with Gasteiger partial charge >= 0.3 is 0 Å². The van der Waals surface area contributed by atoms with Gasteiger partial charge in [0.25, 0.3) is 5.91 Å². The summed E-state index contributed by atoms with van der Waals surface area (Å²) in [6, 6.07) is 0. The molecule has 0 radical (unpaired) electrons. The Labute approximate surface area is 52.6 Å². The van der Waals surface area contributed by atoms with Crippen molar-refractivity contribution in [3.63, 3.8) is 0 Å².